The topological polar surface area (TPSA) is 166 Å². The number of rotatable bonds is 21. The van der Waals surface area contributed by atoms with Crippen LogP contribution in [-0.4, -0.2) is 81.9 Å². The Morgan fingerprint density at radius 2 is 1.87 bits per heavy atom. The fraction of sp³-hybridized carbons (Fsp3) is 0.468. The van der Waals surface area contributed by atoms with Crippen LogP contribution in [0.15, 0.2) is 96.2 Å². The highest BCUT2D eigenvalue weighted by Gasteiger charge is 2.65. The maximum absolute atomic E-state index is 14.6. The van der Waals surface area contributed by atoms with Crippen LogP contribution in [0.5, 0.6) is 11.5 Å². The van der Waals surface area contributed by atoms with Crippen molar-refractivity contribution >= 4 is 23.4 Å². The zero-order valence-electron chi connectivity index (χ0n) is 34.9. The molecule has 0 radical (unpaired) electrons. The number of fused-ring (bicyclic) bond motifs is 2. The van der Waals surface area contributed by atoms with E-state index >= 15 is 0 Å². The lowest BCUT2D eigenvalue weighted by atomic mass is 9.55. The lowest BCUT2D eigenvalue weighted by molar-refractivity contribution is -0.384. The van der Waals surface area contributed by atoms with Gasteiger partial charge in [0.05, 0.1) is 28.9 Å². The number of hydrogen-bond donors (Lipinski definition) is 2. The normalized spacial score (nSPS) is 23.6. The first-order valence-electron chi connectivity index (χ1n) is 21.1. The van der Waals surface area contributed by atoms with E-state index in [0.29, 0.717) is 48.6 Å². The number of oxime groups is 1. The predicted octanol–water partition coefficient (Wildman–Crippen LogP) is 8.09. The first-order chi connectivity index (χ1) is 29.2. The molecule has 0 bridgehead atoms. The highest BCUT2D eigenvalue weighted by atomic mass is 16.7. The van der Waals surface area contributed by atoms with Crippen molar-refractivity contribution in [3.05, 3.63) is 124 Å². The van der Waals surface area contributed by atoms with Gasteiger partial charge in [-0.05, 0) is 111 Å². The molecule has 6 atom stereocenters. The highest BCUT2D eigenvalue weighted by molar-refractivity contribution is 6.03. The number of nitro benzene ring substituents is 1. The first-order valence-corrected chi connectivity index (χ1v) is 21.1. The second kappa shape index (κ2) is 20.7. The van der Waals surface area contributed by atoms with Crippen LogP contribution in [0, 0.1) is 34.8 Å². The number of aromatic nitrogens is 1. The molecule has 1 fully saturated rings. The average molecular weight is 823 g/mol. The molecular weight excluding hydrogens is 765 g/mol. The molecule has 1 aromatic heterocycles. The van der Waals surface area contributed by atoms with Gasteiger partial charge in [0, 0.05) is 61.6 Å². The SMILES string of the molecule is C=CCO[C@@]12Oc3ccc(OCc4cccc(C)n4)cc3[C@H]3[C@H](CCCCO)[C@@H](CCCCO)C=C(C(=NOC)C[C@@H]1N(CCC)C(=O)C=Cc1ccc([N+](=O)[O-])cc1)[C@H]32. The quantitative estimate of drug-likeness (QED) is 0.0353. The molecule has 0 unspecified atom stereocenters. The van der Waals surface area contributed by atoms with E-state index in [1.807, 2.05) is 44.2 Å². The van der Waals surface area contributed by atoms with Crippen molar-refractivity contribution in [3.63, 3.8) is 0 Å². The summed E-state index contributed by atoms with van der Waals surface area (Å²) in [5, 5.41) is 35.7. The van der Waals surface area contributed by atoms with Crippen LogP contribution in [0.4, 0.5) is 5.69 Å². The van der Waals surface area contributed by atoms with Gasteiger partial charge in [-0.25, -0.2) is 0 Å². The number of hydrogen-bond acceptors (Lipinski definition) is 11. The summed E-state index contributed by atoms with van der Waals surface area (Å²) in [6.07, 6.45) is 12.7. The van der Waals surface area contributed by atoms with Crippen molar-refractivity contribution in [2.45, 2.75) is 89.6 Å². The number of benzene rings is 2. The number of pyridine rings is 1. The molecular formula is C47H58N4O9. The van der Waals surface area contributed by atoms with E-state index in [2.05, 4.69) is 28.9 Å². The molecule has 0 saturated heterocycles. The van der Waals surface area contributed by atoms with Gasteiger partial charge in [0.15, 0.2) is 0 Å². The van der Waals surface area contributed by atoms with Crippen LogP contribution in [0.2, 0.25) is 0 Å². The molecule has 1 aliphatic heterocycles. The predicted molar refractivity (Wildman–Crippen MR) is 229 cm³/mol. The third-order valence-electron chi connectivity index (χ3n) is 11.8. The van der Waals surface area contributed by atoms with Gasteiger partial charge in [-0.1, -0.05) is 43.1 Å². The average Bonchev–Trinajstić information content (AvgIpc) is 3.25. The molecule has 3 aliphatic rings. The number of carbonyl (C=O) groups is 1. The summed E-state index contributed by atoms with van der Waals surface area (Å²) in [5.74, 6) is -0.871. The Labute approximate surface area is 352 Å². The standard InChI is InChI=1S/C47H58N4O9/c1-5-24-50(44(54)23-18-33-16-19-36(20-17-33)51(55)56)43-30-41(49-57-4)39-28-34(13-7-9-25-52)38(15-8-10-26-53)45-40-29-37(58-31-35-14-11-12-32(3)48-35)21-22-42(40)60-47(43,46(39)45)59-27-6-2/h6,11-12,14,16-23,28-29,34,38,43,45-46,52-53H,2,5,7-10,13,15,24-27,30-31H2,1,3-4H3/t34-,38+,43-,45+,46+,47+/m0/s1. The van der Waals surface area contributed by atoms with Crippen LogP contribution in [-0.2, 0) is 21.0 Å². The third kappa shape index (κ3) is 9.80. The second-order valence-electron chi connectivity index (χ2n) is 15.7. The summed E-state index contributed by atoms with van der Waals surface area (Å²) in [7, 11) is 1.52. The minimum absolute atomic E-state index is 0.0348. The van der Waals surface area contributed by atoms with E-state index in [1.165, 1.54) is 25.3 Å². The largest absolute Gasteiger partial charge is 0.487 e. The Bertz CT molecular complexity index is 2050. The zero-order chi connectivity index (χ0) is 42.6. The van der Waals surface area contributed by atoms with Gasteiger partial charge in [0.25, 0.3) is 5.69 Å². The highest BCUT2D eigenvalue weighted by Crippen LogP contribution is 2.62. The number of aliphatic hydroxyl groups excluding tert-OH is 2. The summed E-state index contributed by atoms with van der Waals surface area (Å²) >= 11 is 0. The number of non-ortho nitro benzene ring substituents is 1. The number of allylic oxidation sites excluding steroid dienone is 1. The van der Waals surface area contributed by atoms with Crippen molar-refractivity contribution in [2.24, 2.45) is 22.9 Å². The molecule has 2 N–H and O–H groups in total. The number of amides is 1. The van der Waals surface area contributed by atoms with Crippen LogP contribution >= 0.6 is 0 Å². The van der Waals surface area contributed by atoms with E-state index in [9.17, 15) is 25.1 Å². The Hall–Kier alpha value is -5.37. The van der Waals surface area contributed by atoms with Gasteiger partial charge in [-0.15, -0.1) is 6.58 Å². The number of carbonyl (C=O) groups excluding carboxylic acids is 1. The monoisotopic (exact) mass is 822 g/mol. The number of unbranched alkanes of at least 4 members (excludes halogenated alkanes) is 2. The molecule has 1 amide bonds. The zero-order valence-corrected chi connectivity index (χ0v) is 34.9. The lowest BCUT2D eigenvalue weighted by Gasteiger charge is -2.60. The van der Waals surface area contributed by atoms with Crippen molar-refractivity contribution in [3.8, 4) is 11.5 Å². The van der Waals surface area contributed by atoms with Gasteiger partial charge in [-0.2, -0.15) is 0 Å². The molecule has 0 spiro atoms. The fourth-order valence-corrected chi connectivity index (χ4v) is 9.32. The van der Waals surface area contributed by atoms with Crippen molar-refractivity contribution in [1.82, 2.24) is 9.88 Å². The summed E-state index contributed by atoms with van der Waals surface area (Å²) in [6, 6.07) is 17.1. The Balaban J connectivity index is 1.51. The Morgan fingerprint density at radius 3 is 2.55 bits per heavy atom. The van der Waals surface area contributed by atoms with Crippen LogP contribution in [0.3, 0.4) is 0 Å². The van der Waals surface area contributed by atoms with Gasteiger partial charge >= 0.3 is 0 Å². The smallest absolute Gasteiger partial charge is 0.269 e. The summed E-state index contributed by atoms with van der Waals surface area (Å²) in [4.78, 5) is 37.4. The number of aryl methyl sites for hydroxylation is 1. The van der Waals surface area contributed by atoms with Gasteiger partial charge in [0.2, 0.25) is 11.7 Å². The molecule has 13 nitrogen and oxygen atoms in total. The minimum Gasteiger partial charge on any atom is -0.487 e. The van der Waals surface area contributed by atoms with Crippen molar-refractivity contribution in [2.75, 3.05) is 33.5 Å². The molecule has 3 aromatic rings. The molecule has 2 heterocycles. The van der Waals surface area contributed by atoms with E-state index < -0.39 is 22.7 Å². The van der Waals surface area contributed by atoms with E-state index in [4.69, 9.17) is 19.0 Å². The summed E-state index contributed by atoms with van der Waals surface area (Å²) < 4.78 is 20.7. The Morgan fingerprint density at radius 1 is 1.10 bits per heavy atom. The second-order valence-corrected chi connectivity index (χ2v) is 15.7. The molecule has 2 aromatic carbocycles. The maximum atomic E-state index is 14.6. The molecule has 320 valence electrons. The summed E-state index contributed by atoms with van der Waals surface area (Å²) in [5.41, 5.74) is 4.94. The molecule has 13 heteroatoms. The molecule has 6 rings (SSSR count). The number of nitro groups is 1. The van der Waals surface area contributed by atoms with E-state index in [0.717, 1.165) is 48.2 Å². The number of nitrogens with zero attached hydrogens (tertiary/aromatic N) is 4. The number of ether oxygens (including phenoxy) is 3. The van der Waals surface area contributed by atoms with Gasteiger partial charge in [0.1, 0.15) is 31.3 Å². The lowest BCUT2D eigenvalue weighted by Crippen LogP contribution is -2.70. The van der Waals surface area contributed by atoms with E-state index in [1.54, 1.807) is 29.2 Å². The van der Waals surface area contributed by atoms with Crippen molar-refractivity contribution < 1.29 is 39.0 Å². The van der Waals surface area contributed by atoms with Crippen molar-refractivity contribution in [1.29, 1.82) is 0 Å². The van der Waals surface area contributed by atoms with Gasteiger partial charge in [-0.3, -0.25) is 19.9 Å². The molecule has 2 aliphatic carbocycles. The molecule has 1 saturated carbocycles. The summed E-state index contributed by atoms with van der Waals surface area (Å²) in [6.45, 7) is 8.96. The fourth-order valence-electron chi connectivity index (χ4n) is 9.32. The first kappa shape index (κ1) is 44.2. The van der Waals surface area contributed by atoms with E-state index in [-0.39, 0.29) is 62.2 Å². The maximum Gasteiger partial charge on any atom is 0.269 e. The number of aliphatic hydroxyl groups is 2. The van der Waals surface area contributed by atoms with Crippen LogP contribution in [0.1, 0.15) is 86.7 Å². The Kier molecular flexibility index (Phi) is 15.3. The van der Waals surface area contributed by atoms with Gasteiger partial charge < -0.3 is 34.2 Å². The van der Waals surface area contributed by atoms with Crippen LogP contribution in [0.25, 0.3) is 6.08 Å². The molecule has 60 heavy (non-hydrogen) atoms. The minimum atomic E-state index is -1.39. The third-order valence-corrected chi connectivity index (χ3v) is 11.8. The van der Waals surface area contributed by atoms with Crippen LogP contribution < -0.4 is 9.47 Å².